The Labute approximate surface area is 144 Å². The van der Waals surface area contributed by atoms with E-state index in [1.165, 1.54) is 14.2 Å². The number of methoxy groups -OCH3 is 1. The molecule has 1 aromatic heterocycles. The molecule has 1 aromatic carbocycles. The lowest BCUT2D eigenvalue weighted by atomic mass is 10.2. The van der Waals surface area contributed by atoms with Gasteiger partial charge >= 0.3 is 0 Å². The summed E-state index contributed by atoms with van der Waals surface area (Å²) < 4.78 is 31.4. The predicted molar refractivity (Wildman–Crippen MR) is 90.5 cm³/mol. The fourth-order valence-corrected chi connectivity index (χ4v) is 4.12. The van der Waals surface area contributed by atoms with E-state index in [1.807, 2.05) is 12.1 Å². The third kappa shape index (κ3) is 4.08. The summed E-state index contributed by atoms with van der Waals surface area (Å²) in [5.41, 5.74) is 0.732. The van der Waals surface area contributed by atoms with Crippen molar-refractivity contribution < 1.29 is 17.9 Å². The second-order valence-corrected chi connectivity index (χ2v) is 8.04. The molecule has 0 unspecified atom stereocenters. The first-order chi connectivity index (χ1) is 11.4. The molecule has 0 saturated heterocycles. The van der Waals surface area contributed by atoms with Gasteiger partial charge in [0.15, 0.2) is 0 Å². The van der Waals surface area contributed by atoms with Gasteiger partial charge in [-0.3, -0.25) is 4.79 Å². The van der Waals surface area contributed by atoms with Gasteiger partial charge in [-0.15, -0.1) is 10.2 Å². The maximum absolute atomic E-state index is 12.6. The first kappa shape index (κ1) is 18.3. The number of nitrogens with zero attached hydrogens (tertiary/aromatic N) is 3. The molecule has 1 heterocycles. The van der Waals surface area contributed by atoms with E-state index in [9.17, 15) is 13.2 Å². The predicted octanol–water partition coefficient (Wildman–Crippen LogP) is 1.72. The van der Waals surface area contributed by atoms with E-state index in [0.717, 1.165) is 21.2 Å². The average molecular weight is 370 g/mol. The molecule has 1 amide bonds. The summed E-state index contributed by atoms with van der Waals surface area (Å²) in [6.07, 6.45) is 0.273. The van der Waals surface area contributed by atoms with Gasteiger partial charge in [-0.25, -0.2) is 8.42 Å². The quantitative estimate of drug-likeness (QED) is 0.745. The van der Waals surface area contributed by atoms with E-state index in [4.69, 9.17) is 4.74 Å². The number of nitrogens with one attached hydrogen (secondary N) is 1. The van der Waals surface area contributed by atoms with Crippen LogP contribution in [0.5, 0.6) is 5.75 Å². The van der Waals surface area contributed by atoms with Crippen molar-refractivity contribution in [2.45, 2.75) is 24.2 Å². The third-order valence-electron chi connectivity index (χ3n) is 3.19. The largest absolute Gasteiger partial charge is 0.496 e. The first-order valence-electron chi connectivity index (χ1n) is 7.10. The zero-order valence-electron chi connectivity index (χ0n) is 13.5. The molecule has 0 saturated carbocycles. The topological polar surface area (TPSA) is 101 Å². The highest BCUT2D eigenvalue weighted by Gasteiger charge is 2.26. The molecule has 10 heteroatoms. The van der Waals surface area contributed by atoms with Crippen LogP contribution in [0.3, 0.4) is 0 Å². The Hall–Kier alpha value is -2.04. The number of hydrogen-bond donors (Lipinski definition) is 1. The zero-order chi connectivity index (χ0) is 17.7. The van der Waals surface area contributed by atoms with Crippen LogP contribution in [0, 0.1) is 0 Å². The number of aromatic nitrogens is 2. The molecular weight excluding hydrogens is 352 g/mol. The van der Waals surface area contributed by atoms with Crippen molar-refractivity contribution in [1.29, 1.82) is 0 Å². The number of amides is 1. The molecule has 1 N–H and O–H groups in total. The molecule has 0 aliphatic rings. The number of ether oxygens (including phenoxy) is 1. The Morgan fingerprint density at radius 2 is 2.04 bits per heavy atom. The Morgan fingerprint density at radius 3 is 2.71 bits per heavy atom. The summed E-state index contributed by atoms with van der Waals surface area (Å²) in [6.45, 7) is 1.82. The van der Waals surface area contributed by atoms with Gasteiger partial charge in [-0.05, 0) is 6.07 Å². The number of benzene rings is 1. The molecule has 0 aliphatic heterocycles. The lowest BCUT2D eigenvalue weighted by Gasteiger charge is -2.16. The van der Waals surface area contributed by atoms with E-state index in [0.29, 0.717) is 5.75 Å². The van der Waals surface area contributed by atoms with Crippen molar-refractivity contribution in [2.75, 3.05) is 19.5 Å². The van der Waals surface area contributed by atoms with Crippen molar-refractivity contribution in [1.82, 2.24) is 14.5 Å². The summed E-state index contributed by atoms with van der Waals surface area (Å²) in [5, 5.41) is 10.0. The minimum absolute atomic E-state index is 0.128. The van der Waals surface area contributed by atoms with Gasteiger partial charge in [-0.1, -0.05) is 36.5 Å². The molecule has 8 nitrogen and oxygen atoms in total. The van der Waals surface area contributed by atoms with Gasteiger partial charge in [-0.2, -0.15) is 4.31 Å². The number of sulfonamides is 1. The highest BCUT2D eigenvalue weighted by Crippen LogP contribution is 2.25. The molecule has 0 atom stereocenters. The third-order valence-corrected chi connectivity index (χ3v) is 6.18. The number of anilines is 1. The van der Waals surface area contributed by atoms with Crippen LogP contribution in [0.1, 0.15) is 18.9 Å². The van der Waals surface area contributed by atoms with Gasteiger partial charge < -0.3 is 10.1 Å². The summed E-state index contributed by atoms with van der Waals surface area (Å²) in [7, 11) is -0.832. The van der Waals surface area contributed by atoms with Crippen LogP contribution in [-0.4, -0.2) is 43.0 Å². The average Bonchev–Trinajstić information content (AvgIpc) is 3.04. The Bertz CT molecular complexity index is 820. The molecule has 0 radical (unpaired) electrons. The molecule has 2 aromatic rings. The van der Waals surface area contributed by atoms with Crippen molar-refractivity contribution in [3.8, 4) is 5.75 Å². The van der Waals surface area contributed by atoms with Crippen molar-refractivity contribution >= 4 is 32.4 Å². The molecule has 0 aliphatic carbocycles. The van der Waals surface area contributed by atoms with E-state index in [-0.39, 0.29) is 28.3 Å². The van der Waals surface area contributed by atoms with Gasteiger partial charge in [0.05, 0.1) is 7.11 Å². The molecule has 0 spiro atoms. The second-order valence-electron chi connectivity index (χ2n) is 4.85. The number of hydrogen-bond acceptors (Lipinski definition) is 7. The molecule has 130 valence electrons. The van der Waals surface area contributed by atoms with Crippen LogP contribution in [0.2, 0.25) is 0 Å². The highest BCUT2D eigenvalue weighted by atomic mass is 32.2. The maximum Gasteiger partial charge on any atom is 0.272 e. The standard InChI is InChI=1S/C14H18N4O4S2/c1-4-12(19)15-13-16-17-14(23-13)24(20,21)18(2)9-10-7-5-6-8-11(10)22-3/h5-8H,4,9H2,1-3H3,(H,15,16,19). The van der Waals surface area contributed by atoms with Gasteiger partial charge in [0, 0.05) is 25.6 Å². The van der Waals surface area contributed by atoms with Gasteiger partial charge in [0.1, 0.15) is 5.75 Å². The summed E-state index contributed by atoms with van der Waals surface area (Å²) >= 11 is 0.817. The molecule has 24 heavy (non-hydrogen) atoms. The maximum atomic E-state index is 12.6. The number of para-hydroxylation sites is 1. The van der Waals surface area contributed by atoms with Crippen LogP contribution in [-0.2, 0) is 21.4 Å². The zero-order valence-corrected chi connectivity index (χ0v) is 15.1. The normalized spacial score (nSPS) is 11.5. The van der Waals surface area contributed by atoms with E-state index >= 15 is 0 Å². The van der Waals surface area contributed by atoms with E-state index in [1.54, 1.807) is 19.1 Å². The molecule has 0 fully saturated rings. The highest BCUT2D eigenvalue weighted by molar-refractivity contribution is 7.91. The monoisotopic (exact) mass is 370 g/mol. The molecule has 2 rings (SSSR count). The van der Waals surface area contributed by atoms with E-state index < -0.39 is 10.0 Å². The van der Waals surface area contributed by atoms with Crippen LogP contribution in [0.25, 0.3) is 0 Å². The SMILES string of the molecule is CCC(=O)Nc1nnc(S(=O)(=O)N(C)Cc2ccccc2OC)s1. The van der Waals surface area contributed by atoms with Crippen LogP contribution >= 0.6 is 11.3 Å². The fourth-order valence-electron chi connectivity index (χ4n) is 1.86. The van der Waals surface area contributed by atoms with Gasteiger partial charge in [0.2, 0.25) is 15.4 Å². The first-order valence-corrected chi connectivity index (χ1v) is 9.35. The molecule has 0 bridgehead atoms. The smallest absolute Gasteiger partial charge is 0.272 e. The van der Waals surface area contributed by atoms with Gasteiger partial charge in [0.25, 0.3) is 10.0 Å². The number of carbonyl (C=O) groups excluding carboxylic acids is 1. The summed E-state index contributed by atoms with van der Waals surface area (Å²) in [6, 6.07) is 7.17. The lowest BCUT2D eigenvalue weighted by molar-refractivity contribution is -0.115. The van der Waals surface area contributed by atoms with Crippen molar-refractivity contribution in [3.05, 3.63) is 29.8 Å². The van der Waals surface area contributed by atoms with E-state index in [2.05, 4.69) is 15.5 Å². The van der Waals surface area contributed by atoms with Crippen molar-refractivity contribution in [3.63, 3.8) is 0 Å². The summed E-state index contributed by atoms with van der Waals surface area (Å²) in [5.74, 6) is 0.352. The Morgan fingerprint density at radius 1 is 1.33 bits per heavy atom. The number of rotatable bonds is 7. The van der Waals surface area contributed by atoms with Crippen LogP contribution in [0.4, 0.5) is 5.13 Å². The minimum Gasteiger partial charge on any atom is -0.496 e. The Balaban J connectivity index is 2.19. The number of carbonyl (C=O) groups is 1. The second kappa shape index (κ2) is 7.69. The lowest BCUT2D eigenvalue weighted by Crippen LogP contribution is -2.26. The Kier molecular flexibility index (Phi) is 5.86. The van der Waals surface area contributed by atoms with Crippen molar-refractivity contribution in [2.24, 2.45) is 0 Å². The van der Waals surface area contributed by atoms with Crippen LogP contribution in [0.15, 0.2) is 28.6 Å². The minimum atomic E-state index is -3.81. The fraction of sp³-hybridized carbons (Fsp3) is 0.357. The molecular formula is C14H18N4O4S2. The van der Waals surface area contributed by atoms with Crippen LogP contribution < -0.4 is 10.1 Å². The summed E-state index contributed by atoms with van der Waals surface area (Å²) in [4.78, 5) is 11.3.